The van der Waals surface area contributed by atoms with Crippen molar-refractivity contribution < 1.29 is 14.4 Å². The monoisotopic (exact) mass is 277 g/mol. The molecular weight excluding hydrogens is 266 g/mol. The second-order valence-corrected chi connectivity index (χ2v) is 5.02. The maximum Gasteiger partial charge on any atom is 0.248 e. The Morgan fingerprint density at radius 2 is 2.11 bits per heavy atom. The van der Waals surface area contributed by atoms with Gasteiger partial charge in [-0.3, -0.25) is 14.4 Å². The lowest BCUT2D eigenvalue weighted by Crippen LogP contribution is -2.14. The Morgan fingerprint density at radius 3 is 2.74 bits per heavy atom. The summed E-state index contributed by atoms with van der Waals surface area (Å²) in [4.78, 5) is 37.5. The normalized spacial score (nSPS) is 10.4. The van der Waals surface area contributed by atoms with Gasteiger partial charge in [0.25, 0.3) is 0 Å². The molecule has 1 aromatic heterocycles. The molecular formula is C12H11N3O3S. The largest absolute Gasteiger partial charge is 0.366 e. The Kier molecular flexibility index (Phi) is 3.57. The molecule has 2 aromatic rings. The molecule has 1 heterocycles. The number of benzene rings is 1. The summed E-state index contributed by atoms with van der Waals surface area (Å²) in [6, 6.07) is 4.86. The summed E-state index contributed by atoms with van der Waals surface area (Å²) < 4.78 is 0.745. The van der Waals surface area contributed by atoms with E-state index in [4.69, 9.17) is 5.73 Å². The van der Waals surface area contributed by atoms with Crippen LogP contribution in [0.25, 0.3) is 10.2 Å². The topological polar surface area (TPSA) is 102 Å². The molecule has 6 nitrogen and oxygen atoms in total. The van der Waals surface area contributed by atoms with Crippen molar-refractivity contribution >= 4 is 44.3 Å². The first-order valence-electron chi connectivity index (χ1n) is 5.45. The third kappa shape index (κ3) is 3.14. The highest BCUT2D eigenvalue weighted by Crippen LogP contribution is 2.26. The van der Waals surface area contributed by atoms with Crippen LogP contribution in [0.4, 0.5) is 5.13 Å². The molecule has 0 atom stereocenters. The molecule has 2 rings (SSSR count). The zero-order chi connectivity index (χ0) is 14.0. The lowest BCUT2D eigenvalue weighted by atomic mass is 10.2. The summed E-state index contributed by atoms with van der Waals surface area (Å²) in [6.45, 7) is 1.34. The van der Waals surface area contributed by atoms with Crippen LogP contribution in [0.2, 0.25) is 0 Å². The van der Waals surface area contributed by atoms with E-state index in [1.807, 2.05) is 0 Å². The molecule has 0 saturated carbocycles. The van der Waals surface area contributed by atoms with E-state index >= 15 is 0 Å². The van der Waals surface area contributed by atoms with Crippen molar-refractivity contribution in [3.8, 4) is 0 Å². The predicted molar refractivity (Wildman–Crippen MR) is 72.1 cm³/mol. The molecule has 1 aromatic carbocycles. The van der Waals surface area contributed by atoms with Crippen LogP contribution in [-0.2, 0) is 9.59 Å². The number of nitrogens with two attached hydrogens (primary N) is 1. The average Bonchev–Trinajstić information content (AvgIpc) is 2.68. The number of primary amides is 1. The zero-order valence-electron chi connectivity index (χ0n) is 10.1. The molecule has 19 heavy (non-hydrogen) atoms. The SMILES string of the molecule is CC(=O)CC(=O)Nc1nc2ccc(C(N)=O)cc2s1. The van der Waals surface area contributed by atoms with Gasteiger partial charge in [-0.25, -0.2) is 4.98 Å². The van der Waals surface area contributed by atoms with Crippen molar-refractivity contribution in [1.29, 1.82) is 0 Å². The summed E-state index contributed by atoms with van der Waals surface area (Å²) >= 11 is 1.22. The lowest BCUT2D eigenvalue weighted by molar-refractivity contribution is -0.124. The van der Waals surface area contributed by atoms with Crippen LogP contribution in [0.3, 0.4) is 0 Å². The molecule has 0 aliphatic heterocycles. The Hall–Kier alpha value is -2.28. The Labute approximate surface area is 112 Å². The van der Waals surface area contributed by atoms with E-state index < -0.39 is 11.8 Å². The van der Waals surface area contributed by atoms with Crippen LogP contribution in [-0.4, -0.2) is 22.6 Å². The molecule has 0 radical (unpaired) electrons. The van der Waals surface area contributed by atoms with E-state index in [2.05, 4.69) is 10.3 Å². The van der Waals surface area contributed by atoms with Gasteiger partial charge in [0.2, 0.25) is 11.8 Å². The van der Waals surface area contributed by atoms with Crippen LogP contribution < -0.4 is 11.1 Å². The van der Waals surface area contributed by atoms with Gasteiger partial charge in [0.1, 0.15) is 5.78 Å². The van der Waals surface area contributed by atoms with Gasteiger partial charge < -0.3 is 11.1 Å². The molecule has 7 heteroatoms. The molecule has 98 valence electrons. The lowest BCUT2D eigenvalue weighted by Gasteiger charge is -1.97. The van der Waals surface area contributed by atoms with Crippen LogP contribution in [0.15, 0.2) is 18.2 Å². The third-order valence-corrected chi connectivity index (χ3v) is 3.26. The number of nitrogens with zero attached hydrogens (tertiary/aromatic N) is 1. The first-order chi connectivity index (χ1) is 8.95. The minimum atomic E-state index is -0.516. The molecule has 2 amide bonds. The highest BCUT2D eigenvalue weighted by molar-refractivity contribution is 7.22. The van der Waals surface area contributed by atoms with Crippen molar-refractivity contribution in [2.24, 2.45) is 5.73 Å². The van der Waals surface area contributed by atoms with Gasteiger partial charge in [-0.15, -0.1) is 0 Å². The second kappa shape index (κ2) is 5.15. The Morgan fingerprint density at radius 1 is 1.37 bits per heavy atom. The van der Waals surface area contributed by atoms with Crippen molar-refractivity contribution in [1.82, 2.24) is 4.98 Å². The third-order valence-electron chi connectivity index (χ3n) is 2.33. The molecule has 0 aliphatic rings. The maximum atomic E-state index is 11.4. The van der Waals surface area contributed by atoms with Gasteiger partial charge in [0.05, 0.1) is 16.6 Å². The number of ketones is 1. The number of aromatic nitrogens is 1. The molecule has 0 bridgehead atoms. The van der Waals surface area contributed by atoms with Crippen molar-refractivity contribution in [3.63, 3.8) is 0 Å². The summed E-state index contributed by atoms with van der Waals surface area (Å²) in [7, 11) is 0. The van der Waals surface area contributed by atoms with Crippen LogP contribution in [0.1, 0.15) is 23.7 Å². The number of fused-ring (bicyclic) bond motifs is 1. The number of hydrogen-bond acceptors (Lipinski definition) is 5. The molecule has 0 unspecified atom stereocenters. The number of hydrogen-bond donors (Lipinski definition) is 2. The van der Waals surface area contributed by atoms with Crippen LogP contribution in [0.5, 0.6) is 0 Å². The van der Waals surface area contributed by atoms with Gasteiger partial charge in [-0.1, -0.05) is 11.3 Å². The van der Waals surface area contributed by atoms with E-state index in [1.165, 1.54) is 18.3 Å². The van der Waals surface area contributed by atoms with E-state index in [-0.39, 0.29) is 12.2 Å². The zero-order valence-corrected chi connectivity index (χ0v) is 10.9. The fraction of sp³-hybridized carbons (Fsp3) is 0.167. The van der Waals surface area contributed by atoms with E-state index in [1.54, 1.807) is 18.2 Å². The first-order valence-corrected chi connectivity index (χ1v) is 6.27. The first kappa shape index (κ1) is 13.2. The van der Waals surface area contributed by atoms with Gasteiger partial charge in [0, 0.05) is 5.56 Å². The number of anilines is 1. The number of amides is 2. The standard InChI is InChI=1S/C12H11N3O3S/c1-6(16)4-10(17)15-12-14-8-3-2-7(11(13)18)5-9(8)19-12/h2-3,5H,4H2,1H3,(H2,13,18)(H,14,15,17). The van der Waals surface area contributed by atoms with Gasteiger partial charge in [-0.2, -0.15) is 0 Å². The second-order valence-electron chi connectivity index (χ2n) is 3.99. The summed E-state index contributed by atoms with van der Waals surface area (Å²) in [6.07, 6.45) is -0.178. The Bertz CT molecular complexity index is 678. The van der Waals surface area contributed by atoms with Crippen molar-refractivity contribution in [2.45, 2.75) is 13.3 Å². The Balaban J connectivity index is 2.24. The summed E-state index contributed by atoms with van der Waals surface area (Å²) in [5.74, 6) is -1.13. The minimum absolute atomic E-state index is 0.178. The van der Waals surface area contributed by atoms with E-state index in [0.29, 0.717) is 16.2 Å². The number of carbonyl (C=O) groups excluding carboxylic acids is 3. The molecule has 0 spiro atoms. The van der Waals surface area contributed by atoms with Crippen molar-refractivity contribution in [2.75, 3.05) is 5.32 Å². The number of Topliss-reactive ketones (excluding diaryl/α,β-unsaturated/α-hetero) is 1. The molecule has 0 fully saturated rings. The fourth-order valence-corrected chi connectivity index (χ4v) is 2.44. The highest BCUT2D eigenvalue weighted by Gasteiger charge is 2.10. The van der Waals surface area contributed by atoms with Crippen molar-refractivity contribution in [3.05, 3.63) is 23.8 Å². The number of thiazole rings is 1. The average molecular weight is 277 g/mol. The maximum absolute atomic E-state index is 11.4. The molecule has 0 aliphatic carbocycles. The van der Waals surface area contributed by atoms with Gasteiger partial charge in [0.15, 0.2) is 5.13 Å². The molecule has 3 N–H and O–H groups in total. The number of carbonyl (C=O) groups is 3. The molecule has 0 saturated heterocycles. The number of rotatable bonds is 4. The highest BCUT2D eigenvalue weighted by atomic mass is 32.1. The van der Waals surface area contributed by atoms with Gasteiger partial charge >= 0.3 is 0 Å². The van der Waals surface area contributed by atoms with Gasteiger partial charge in [-0.05, 0) is 25.1 Å². The predicted octanol–water partition coefficient (Wildman–Crippen LogP) is 1.31. The van der Waals surface area contributed by atoms with Crippen LogP contribution in [0, 0.1) is 0 Å². The smallest absolute Gasteiger partial charge is 0.248 e. The quantitative estimate of drug-likeness (QED) is 0.822. The summed E-state index contributed by atoms with van der Waals surface area (Å²) in [5, 5.41) is 2.93. The van der Waals surface area contributed by atoms with Crippen LogP contribution >= 0.6 is 11.3 Å². The van der Waals surface area contributed by atoms with E-state index in [9.17, 15) is 14.4 Å². The number of nitrogens with one attached hydrogen (secondary N) is 1. The summed E-state index contributed by atoms with van der Waals surface area (Å²) in [5.41, 5.74) is 6.23. The fourth-order valence-electron chi connectivity index (χ4n) is 1.52. The van der Waals surface area contributed by atoms with E-state index in [0.717, 1.165) is 4.70 Å². The minimum Gasteiger partial charge on any atom is -0.366 e.